The number of carbonyl (C=O) groups excluding carboxylic acids is 3. The maximum atomic E-state index is 13.9. The molecular formula is C28H20Cl2N2O3. The molecule has 35 heavy (non-hydrogen) atoms. The van der Waals surface area contributed by atoms with Crippen molar-refractivity contribution < 1.29 is 14.4 Å². The van der Waals surface area contributed by atoms with Crippen molar-refractivity contribution in [1.82, 2.24) is 4.90 Å². The highest BCUT2D eigenvalue weighted by Gasteiger charge is 2.64. The van der Waals surface area contributed by atoms with Crippen LogP contribution in [0.2, 0.25) is 10.0 Å². The van der Waals surface area contributed by atoms with Crippen LogP contribution in [0.5, 0.6) is 0 Å². The first kappa shape index (κ1) is 22.1. The molecule has 3 heterocycles. The highest BCUT2D eigenvalue weighted by molar-refractivity contribution is 6.37. The molecule has 3 aromatic carbocycles. The van der Waals surface area contributed by atoms with E-state index in [1.807, 2.05) is 60.5 Å². The summed E-state index contributed by atoms with van der Waals surface area (Å²) in [6.07, 6.45) is 3.75. The molecule has 2 amide bonds. The molecule has 3 aliphatic rings. The number of aryl methyl sites for hydroxylation is 1. The van der Waals surface area contributed by atoms with E-state index in [1.54, 1.807) is 24.3 Å². The van der Waals surface area contributed by atoms with E-state index in [9.17, 15) is 14.4 Å². The van der Waals surface area contributed by atoms with Crippen LogP contribution >= 0.6 is 23.2 Å². The molecule has 2 fully saturated rings. The predicted octanol–water partition coefficient (Wildman–Crippen LogP) is 5.70. The molecule has 2 saturated heterocycles. The summed E-state index contributed by atoms with van der Waals surface area (Å²) < 4.78 is 0. The van der Waals surface area contributed by atoms with Crippen molar-refractivity contribution in [3.63, 3.8) is 0 Å². The fourth-order valence-electron chi connectivity index (χ4n) is 5.65. The van der Waals surface area contributed by atoms with Gasteiger partial charge in [0.25, 0.3) is 0 Å². The fourth-order valence-corrected chi connectivity index (χ4v) is 6.16. The van der Waals surface area contributed by atoms with E-state index >= 15 is 0 Å². The van der Waals surface area contributed by atoms with E-state index in [2.05, 4.69) is 0 Å². The Hall–Kier alpha value is -3.41. The number of benzene rings is 3. The van der Waals surface area contributed by atoms with Crippen LogP contribution in [-0.2, 0) is 9.59 Å². The smallest absolute Gasteiger partial charge is 0.240 e. The Labute approximate surface area is 212 Å². The van der Waals surface area contributed by atoms with Crippen molar-refractivity contribution in [2.45, 2.75) is 19.0 Å². The second-order valence-corrected chi connectivity index (χ2v) is 10.0. The summed E-state index contributed by atoms with van der Waals surface area (Å²) in [5.74, 6) is -2.51. The van der Waals surface area contributed by atoms with Crippen LogP contribution in [-0.4, -0.2) is 28.5 Å². The van der Waals surface area contributed by atoms with Crippen LogP contribution in [0.4, 0.5) is 5.69 Å². The van der Waals surface area contributed by atoms with Gasteiger partial charge in [0.2, 0.25) is 11.8 Å². The van der Waals surface area contributed by atoms with Gasteiger partial charge in [-0.15, -0.1) is 0 Å². The van der Waals surface area contributed by atoms with Gasteiger partial charge >= 0.3 is 0 Å². The average Bonchev–Trinajstić information content (AvgIpc) is 3.32. The first-order valence-electron chi connectivity index (χ1n) is 11.3. The lowest BCUT2D eigenvalue weighted by molar-refractivity contribution is -0.123. The summed E-state index contributed by atoms with van der Waals surface area (Å²) >= 11 is 12.5. The van der Waals surface area contributed by atoms with Crippen LogP contribution in [0.15, 0.2) is 72.9 Å². The minimum atomic E-state index is -0.875. The van der Waals surface area contributed by atoms with Crippen molar-refractivity contribution in [1.29, 1.82) is 0 Å². The zero-order chi connectivity index (χ0) is 24.4. The SMILES string of the molecule is Cc1ccc(N2C(=O)[C@@H]3[C@@H](C2=O)[C@@H]2c4ccccc4C=CN2[C@@H]3C(=O)c2ccc(Cl)cc2Cl)cc1. The molecule has 3 aromatic rings. The number of imide groups is 1. The van der Waals surface area contributed by atoms with Crippen molar-refractivity contribution in [2.75, 3.05) is 4.90 Å². The lowest BCUT2D eigenvalue weighted by Gasteiger charge is -2.35. The van der Waals surface area contributed by atoms with Crippen LogP contribution in [0.25, 0.3) is 6.08 Å². The largest absolute Gasteiger partial charge is 0.358 e. The van der Waals surface area contributed by atoms with E-state index in [1.165, 1.54) is 11.0 Å². The first-order valence-corrected chi connectivity index (χ1v) is 12.1. The Bertz CT molecular complexity index is 1430. The van der Waals surface area contributed by atoms with Gasteiger partial charge in [0.1, 0.15) is 6.04 Å². The summed E-state index contributed by atoms with van der Waals surface area (Å²) in [5, 5.41) is 0.634. The summed E-state index contributed by atoms with van der Waals surface area (Å²) in [6, 6.07) is 18.4. The number of amides is 2. The Morgan fingerprint density at radius 2 is 1.60 bits per heavy atom. The van der Waals surface area contributed by atoms with E-state index in [-0.39, 0.29) is 28.2 Å². The maximum absolute atomic E-state index is 13.9. The van der Waals surface area contributed by atoms with E-state index < -0.39 is 23.9 Å². The van der Waals surface area contributed by atoms with Crippen LogP contribution in [0.3, 0.4) is 0 Å². The van der Waals surface area contributed by atoms with Crippen LogP contribution in [0, 0.1) is 18.8 Å². The van der Waals surface area contributed by atoms with E-state index in [4.69, 9.17) is 23.2 Å². The summed E-state index contributed by atoms with van der Waals surface area (Å²) in [4.78, 5) is 44.8. The number of Topliss-reactive ketones (excluding diaryl/α,β-unsaturated/α-hetero) is 1. The second kappa shape index (κ2) is 8.08. The molecule has 5 nitrogen and oxygen atoms in total. The van der Waals surface area contributed by atoms with Crippen LogP contribution < -0.4 is 4.90 Å². The lowest BCUT2D eigenvalue weighted by atomic mass is 9.83. The zero-order valence-corrected chi connectivity index (χ0v) is 20.2. The summed E-state index contributed by atoms with van der Waals surface area (Å²) in [6.45, 7) is 1.94. The van der Waals surface area contributed by atoms with Gasteiger partial charge in [-0.3, -0.25) is 14.4 Å². The first-order chi connectivity index (χ1) is 16.9. The molecule has 0 unspecified atom stereocenters. The van der Waals surface area contributed by atoms with Crippen molar-refractivity contribution in [2.24, 2.45) is 11.8 Å². The predicted molar refractivity (Wildman–Crippen MR) is 135 cm³/mol. The van der Waals surface area contributed by atoms with Crippen molar-refractivity contribution >= 4 is 52.6 Å². The third-order valence-corrected chi connectivity index (χ3v) is 7.77. The number of fused-ring (bicyclic) bond motifs is 5. The minimum absolute atomic E-state index is 0.219. The Morgan fingerprint density at radius 1 is 0.886 bits per heavy atom. The van der Waals surface area contributed by atoms with Gasteiger partial charge < -0.3 is 4.90 Å². The number of nitrogens with zero attached hydrogens (tertiary/aromatic N) is 2. The number of halogens is 2. The maximum Gasteiger partial charge on any atom is 0.240 e. The Kier molecular flexibility index (Phi) is 5.09. The molecule has 6 rings (SSSR count). The Morgan fingerprint density at radius 3 is 2.34 bits per heavy atom. The quantitative estimate of drug-likeness (QED) is 0.340. The lowest BCUT2D eigenvalue weighted by Crippen LogP contribution is -2.44. The molecule has 0 spiro atoms. The molecule has 0 bridgehead atoms. The van der Waals surface area contributed by atoms with E-state index in [0.717, 1.165) is 16.7 Å². The third-order valence-electron chi connectivity index (χ3n) is 7.22. The topological polar surface area (TPSA) is 57.7 Å². The van der Waals surface area contributed by atoms with Gasteiger partial charge in [-0.2, -0.15) is 0 Å². The zero-order valence-electron chi connectivity index (χ0n) is 18.7. The summed E-state index contributed by atoms with van der Waals surface area (Å²) in [5.41, 5.74) is 3.72. The number of hydrogen-bond acceptors (Lipinski definition) is 4. The monoisotopic (exact) mass is 502 g/mol. The molecular weight excluding hydrogens is 483 g/mol. The average molecular weight is 503 g/mol. The molecule has 7 heteroatoms. The number of rotatable bonds is 3. The molecule has 4 atom stereocenters. The minimum Gasteiger partial charge on any atom is -0.358 e. The number of hydrogen-bond donors (Lipinski definition) is 0. The van der Waals surface area contributed by atoms with Crippen LogP contribution in [0.1, 0.15) is 33.1 Å². The highest BCUT2D eigenvalue weighted by atomic mass is 35.5. The van der Waals surface area contributed by atoms with Crippen molar-refractivity contribution in [3.8, 4) is 0 Å². The van der Waals surface area contributed by atoms with Gasteiger partial charge in [-0.1, -0.05) is 65.2 Å². The molecule has 174 valence electrons. The normalized spacial score (nSPS) is 24.4. The molecule has 0 aromatic heterocycles. The number of anilines is 1. The molecule has 0 aliphatic carbocycles. The fraction of sp³-hybridized carbons (Fsp3) is 0.179. The third kappa shape index (κ3) is 3.26. The molecule has 0 saturated carbocycles. The van der Waals surface area contributed by atoms with Gasteiger partial charge in [-0.25, -0.2) is 4.90 Å². The highest BCUT2D eigenvalue weighted by Crippen LogP contribution is 2.53. The Balaban J connectivity index is 1.50. The molecule has 0 radical (unpaired) electrons. The van der Waals surface area contributed by atoms with Gasteiger partial charge in [0.15, 0.2) is 5.78 Å². The second-order valence-electron chi connectivity index (χ2n) is 9.17. The molecule has 3 aliphatic heterocycles. The van der Waals surface area contributed by atoms with Gasteiger partial charge in [0.05, 0.1) is 28.6 Å². The van der Waals surface area contributed by atoms with Gasteiger partial charge in [0, 0.05) is 16.8 Å². The number of ketones is 1. The van der Waals surface area contributed by atoms with E-state index in [0.29, 0.717) is 10.7 Å². The number of carbonyl (C=O) groups is 3. The summed E-state index contributed by atoms with van der Waals surface area (Å²) in [7, 11) is 0. The van der Waals surface area contributed by atoms with Crippen molar-refractivity contribution in [3.05, 3.63) is 105 Å². The van der Waals surface area contributed by atoms with Gasteiger partial charge in [-0.05, 0) is 54.5 Å². The standard InChI is InChI=1S/C28H20Cl2N2O3/c1-15-6-9-18(10-7-15)32-27(34)22-23(28(32)35)25(26(33)20-11-8-17(29)14-21(20)30)31-13-12-16-4-2-3-5-19(16)24(22)31/h2-14,22-25H,1H3/t22-,23-,24+,25+/m1/s1. The molecule has 0 N–H and O–H groups in total.